The van der Waals surface area contributed by atoms with Crippen LogP contribution in [0.25, 0.3) is 11.1 Å². The summed E-state index contributed by atoms with van der Waals surface area (Å²) in [4.78, 5) is 0. The Kier molecular flexibility index (Phi) is 4.70. The first-order valence-corrected chi connectivity index (χ1v) is 6.75. The van der Waals surface area contributed by atoms with Crippen molar-refractivity contribution >= 4 is 0 Å². The number of ether oxygens (including phenoxy) is 3. The van der Waals surface area contributed by atoms with Crippen molar-refractivity contribution in [2.45, 2.75) is 13.5 Å². The van der Waals surface area contributed by atoms with Crippen LogP contribution in [-0.4, -0.2) is 21.3 Å². The molecule has 0 heterocycles. The fourth-order valence-electron chi connectivity index (χ4n) is 2.40. The molecule has 0 fully saturated rings. The fraction of sp³-hybridized carbons (Fsp3) is 0.294. The summed E-state index contributed by atoms with van der Waals surface area (Å²) in [5.41, 5.74) is 10.0. The number of benzene rings is 2. The van der Waals surface area contributed by atoms with Gasteiger partial charge in [-0.25, -0.2) is 0 Å². The first-order chi connectivity index (χ1) is 10.2. The maximum Gasteiger partial charge on any atom is 0.203 e. The first-order valence-electron chi connectivity index (χ1n) is 6.75. The summed E-state index contributed by atoms with van der Waals surface area (Å²) >= 11 is 0. The molecule has 21 heavy (non-hydrogen) atoms. The average Bonchev–Trinajstić information content (AvgIpc) is 2.53. The van der Waals surface area contributed by atoms with Gasteiger partial charge in [-0.1, -0.05) is 12.1 Å². The number of hydrogen-bond acceptors (Lipinski definition) is 4. The summed E-state index contributed by atoms with van der Waals surface area (Å²) < 4.78 is 16.3. The zero-order valence-electron chi connectivity index (χ0n) is 12.9. The molecule has 2 rings (SSSR count). The van der Waals surface area contributed by atoms with Crippen LogP contribution in [0.2, 0.25) is 0 Å². The number of methoxy groups -OCH3 is 3. The Morgan fingerprint density at radius 2 is 1.57 bits per heavy atom. The van der Waals surface area contributed by atoms with E-state index in [1.165, 1.54) is 0 Å². The average molecular weight is 287 g/mol. The van der Waals surface area contributed by atoms with Gasteiger partial charge in [-0.3, -0.25) is 0 Å². The topological polar surface area (TPSA) is 53.7 Å². The highest BCUT2D eigenvalue weighted by atomic mass is 16.5. The van der Waals surface area contributed by atoms with E-state index in [1.54, 1.807) is 21.3 Å². The Bertz CT molecular complexity index is 638. The predicted octanol–water partition coefficient (Wildman–Crippen LogP) is 3.15. The van der Waals surface area contributed by atoms with Gasteiger partial charge in [0.15, 0.2) is 11.5 Å². The molecule has 0 saturated carbocycles. The van der Waals surface area contributed by atoms with Gasteiger partial charge >= 0.3 is 0 Å². The summed E-state index contributed by atoms with van der Waals surface area (Å²) in [5, 5.41) is 0. The van der Waals surface area contributed by atoms with Gasteiger partial charge in [0.1, 0.15) is 0 Å². The molecule has 0 saturated heterocycles. The lowest BCUT2D eigenvalue weighted by Gasteiger charge is -2.17. The number of nitrogens with two attached hydrogens (primary N) is 1. The molecule has 0 bridgehead atoms. The molecule has 2 N–H and O–H groups in total. The first kappa shape index (κ1) is 15.2. The van der Waals surface area contributed by atoms with Gasteiger partial charge < -0.3 is 19.9 Å². The van der Waals surface area contributed by atoms with Crippen LogP contribution in [-0.2, 0) is 6.54 Å². The highest BCUT2D eigenvalue weighted by Crippen LogP contribution is 2.45. The van der Waals surface area contributed by atoms with Gasteiger partial charge in [-0.2, -0.15) is 0 Å². The fourth-order valence-corrected chi connectivity index (χ4v) is 2.40. The summed E-state index contributed by atoms with van der Waals surface area (Å²) in [6.45, 7) is 2.56. The Labute approximate surface area is 125 Å². The van der Waals surface area contributed by atoms with Crippen LogP contribution >= 0.6 is 0 Å². The van der Waals surface area contributed by atoms with E-state index in [0.29, 0.717) is 23.8 Å². The van der Waals surface area contributed by atoms with E-state index >= 15 is 0 Å². The van der Waals surface area contributed by atoms with Crippen molar-refractivity contribution < 1.29 is 14.2 Å². The van der Waals surface area contributed by atoms with E-state index in [9.17, 15) is 0 Å². The Morgan fingerprint density at radius 1 is 0.857 bits per heavy atom. The molecule has 0 unspecified atom stereocenters. The SMILES string of the molecule is COc1ccc(-c2cc(CN)ccc2C)c(OC)c1OC. The molecule has 0 aromatic heterocycles. The van der Waals surface area contributed by atoms with E-state index in [1.807, 2.05) is 18.2 Å². The van der Waals surface area contributed by atoms with Crippen LogP contribution in [0.5, 0.6) is 17.2 Å². The smallest absolute Gasteiger partial charge is 0.203 e. The normalized spacial score (nSPS) is 10.3. The molecule has 0 amide bonds. The maximum atomic E-state index is 5.74. The van der Waals surface area contributed by atoms with Crippen molar-refractivity contribution in [3.8, 4) is 28.4 Å². The maximum absolute atomic E-state index is 5.74. The summed E-state index contributed by atoms with van der Waals surface area (Å²) in [5.74, 6) is 1.90. The van der Waals surface area contributed by atoms with Crippen LogP contribution in [0.15, 0.2) is 30.3 Å². The van der Waals surface area contributed by atoms with Crippen molar-refractivity contribution in [2.75, 3.05) is 21.3 Å². The van der Waals surface area contributed by atoms with E-state index in [4.69, 9.17) is 19.9 Å². The lowest BCUT2D eigenvalue weighted by Crippen LogP contribution is -2.00. The van der Waals surface area contributed by atoms with Gasteiger partial charge in [-0.15, -0.1) is 0 Å². The Morgan fingerprint density at radius 3 is 2.14 bits per heavy atom. The zero-order chi connectivity index (χ0) is 15.4. The van der Waals surface area contributed by atoms with Crippen molar-refractivity contribution in [3.63, 3.8) is 0 Å². The largest absolute Gasteiger partial charge is 0.493 e. The van der Waals surface area contributed by atoms with E-state index < -0.39 is 0 Å². The highest BCUT2D eigenvalue weighted by Gasteiger charge is 2.18. The highest BCUT2D eigenvalue weighted by molar-refractivity contribution is 5.78. The summed E-state index contributed by atoms with van der Waals surface area (Å²) in [7, 11) is 4.84. The van der Waals surface area contributed by atoms with Crippen molar-refractivity contribution in [3.05, 3.63) is 41.5 Å². The third-order valence-corrected chi connectivity index (χ3v) is 3.53. The molecule has 0 radical (unpaired) electrons. The third kappa shape index (κ3) is 2.81. The number of rotatable bonds is 5. The second-order valence-electron chi connectivity index (χ2n) is 4.74. The number of aryl methyl sites for hydroxylation is 1. The van der Waals surface area contributed by atoms with Gasteiger partial charge in [0.2, 0.25) is 5.75 Å². The summed E-state index contributed by atoms with van der Waals surface area (Å²) in [6, 6.07) is 10.0. The molecule has 0 spiro atoms. The van der Waals surface area contributed by atoms with Crippen molar-refractivity contribution in [1.82, 2.24) is 0 Å². The molecule has 4 nitrogen and oxygen atoms in total. The second-order valence-corrected chi connectivity index (χ2v) is 4.74. The molecular formula is C17H21NO3. The second kappa shape index (κ2) is 6.50. The molecule has 2 aromatic carbocycles. The van der Waals surface area contributed by atoms with Gasteiger partial charge in [0, 0.05) is 12.1 Å². The quantitative estimate of drug-likeness (QED) is 0.918. The molecule has 0 aliphatic rings. The minimum atomic E-state index is 0.503. The molecular weight excluding hydrogens is 266 g/mol. The van der Waals surface area contributed by atoms with Gasteiger partial charge in [-0.05, 0) is 41.8 Å². The van der Waals surface area contributed by atoms with Crippen LogP contribution in [0, 0.1) is 6.92 Å². The van der Waals surface area contributed by atoms with E-state index in [-0.39, 0.29) is 0 Å². The van der Waals surface area contributed by atoms with Crippen LogP contribution in [0.1, 0.15) is 11.1 Å². The monoisotopic (exact) mass is 287 g/mol. The standard InChI is InChI=1S/C17H21NO3/c1-11-5-6-12(10-18)9-14(11)13-7-8-15(19-2)17(21-4)16(13)20-3/h5-9H,10,18H2,1-4H3. The van der Waals surface area contributed by atoms with Crippen LogP contribution in [0.3, 0.4) is 0 Å². The molecule has 0 aliphatic heterocycles. The molecule has 4 heteroatoms. The Hall–Kier alpha value is -2.20. The van der Waals surface area contributed by atoms with Crippen molar-refractivity contribution in [2.24, 2.45) is 5.73 Å². The van der Waals surface area contributed by atoms with E-state index in [0.717, 1.165) is 22.3 Å². The van der Waals surface area contributed by atoms with Crippen LogP contribution < -0.4 is 19.9 Å². The van der Waals surface area contributed by atoms with Crippen molar-refractivity contribution in [1.29, 1.82) is 0 Å². The predicted molar refractivity (Wildman–Crippen MR) is 84.2 cm³/mol. The van der Waals surface area contributed by atoms with Gasteiger partial charge in [0.05, 0.1) is 21.3 Å². The molecule has 0 atom stereocenters. The lowest BCUT2D eigenvalue weighted by atomic mass is 9.96. The van der Waals surface area contributed by atoms with Gasteiger partial charge in [0.25, 0.3) is 0 Å². The van der Waals surface area contributed by atoms with Crippen LogP contribution in [0.4, 0.5) is 0 Å². The molecule has 112 valence electrons. The minimum absolute atomic E-state index is 0.503. The molecule has 0 aliphatic carbocycles. The van der Waals surface area contributed by atoms with E-state index in [2.05, 4.69) is 19.1 Å². The third-order valence-electron chi connectivity index (χ3n) is 3.53. The zero-order valence-corrected chi connectivity index (χ0v) is 12.9. The summed E-state index contributed by atoms with van der Waals surface area (Å²) in [6.07, 6.45) is 0. The minimum Gasteiger partial charge on any atom is -0.493 e. The molecule has 2 aromatic rings. The Balaban J connectivity index is 2.69. The lowest BCUT2D eigenvalue weighted by molar-refractivity contribution is 0.325. The number of hydrogen-bond donors (Lipinski definition) is 1.